The van der Waals surface area contributed by atoms with Crippen LogP contribution in [-0.2, 0) is 0 Å². The minimum Gasteiger partial charge on any atom is -0.327 e. The average molecular weight is 179 g/mol. The number of allylic oxidation sites excluding steroid dienone is 1. The molecule has 1 heteroatoms. The molecule has 0 unspecified atom stereocenters. The minimum atomic E-state index is 0.245. The van der Waals surface area contributed by atoms with E-state index in [1.54, 1.807) is 0 Å². The molecular weight excluding hydrogens is 158 g/mol. The third-order valence-corrected chi connectivity index (χ3v) is 3.48. The van der Waals surface area contributed by atoms with Crippen LogP contribution in [0.15, 0.2) is 24.8 Å². The molecule has 0 spiro atoms. The largest absolute Gasteiger partial charge is 0.327 e. The molecule has 1 aliphatic carbocycles. The quantitative estimate of drug-likeness (QED) is 0.662. The van der Waals surface area contributed by atoms with Crippen LogP contribution in [-0.4, -0.2) is 6.54 Å². The smallest absolute Gasteiger partial charge is 0.0137 e. The summed E-state index contributed by atoms with van der Waals surface area (Å²) in [7, 11) is 0. The second-order valence-corrected chi connectivity index (χ2v) is 4.37. The Bertz CT molecular complexity index is 207. The van der Waals surface area contributed by atoms with Crippen molar-refractivity contribution in [2.75, 3.05) is 6.54 Å². The van der Waals surface area contributed by atoms with Crippen LogP contribution in [0.3, 0.4) is 0 Å². The highest BCUT2D eigenvalue weighted by molar-refractivity contribution is 5.13. The van der Waals surface area contributed by atoms with Gasteiger partial charge in [0.05, 0.1) is 0 Å². The Labute approximate surface area is 81.7 Å². The highest BCUT2D eigenvalue weighted by Gasteiger charge is 2.34. The summed E-state index contributed by atoms with van der Waals surface area (Å²) in [5.41, 5.74) is 7.09. The molecule has 0 aromatic rings. The van der Waals surface area contributed by atoms with E-state index in [0.29, 0.717) is 12.5 Å². The highest BCUT2D eigenvalue weighted by atomic mass is 14.6. The van der Waals surface area contributed by atoms with E-state index in [-0.39, 0.29) is 5.41 Å². The second kappa shape index (κ2) is 4.10. The zero-order chi connectivity index (χ0) is 9.90. The fourth-order valence-electron chi connectivity index (χ4n) is 2.42. The molecule has 2 atom stereocenters. The van der Waals surface area contributed by atoms with Crippen LogP contribution in [0.5, 0.6) is 0 Å². The molecule has 1 aliphatic rings. The van der Waals surface area contributed by atoms with Crippen molar-refractivity contribution in [3.8, 4) is 0 Å². The van der Waals surface area contributed by atoms with Gasteiger partial charge in [0.1, 0.15) is 0 Å². The van der Waals surface area contributed by atoms with E-state index in [9.17, 15) is 0 Å². The van der Waals surface area contributed by atoms with Crippen LogP contribution in [0.1, 0.15) is 32.6 Å². The standard InChI is InChI=1S/C12H21N/c1-4-12(3)8-6-5-7-11(12)10(2)9-13/h4,11H,1-2,5-9,13H2,3H3/t11-,12+/m0/s1. The number of rotatable bonds is 3. The van der Waals surface area contributed by atoms with Crippen molar-refractivity contribution in [1.82, 2.24) is 0 Å². The minimum absolute atomic E-state index is 0.245. The van der Waals surface area contributed by atoms with Crippen LogP contribution in [0.2, 0.25) is 0 Å². The summed E-state index contributed by atoms with van der Waals surface area (Å²) >= 11 is 0. The zero-order valence-electron chi connectivity index (χ0n) is 8.68. The molecule has 2 N–H and O–H groups in total. The van der Waals surface area contributed by atoms with Gasteiger partial charge in [-0.05, 0) is 24.2 Å². The summed E-state index contributed by atoms with van der Waals surface area (Å²) in [5, 5.41) is 0. The van der Waals surface area contributed by atoms with E-state index in [1.807, 2.05) is 0 Å². The number of hydrogen-bond donors (Lipinski definition) is 1. The predicted molar refractivity (Wildman–Crippen MR) is 58.5 cm³/mol. The molecule has 0 bridgehead atoms. The monoisotopic (exact) mass is 179 g/mol. The van der Waals surface area contributed by atoms with Crippen molar-refractivity contribution in [3.63, 3.8) is 0 Å². The first kappa shape index (κ1) is 10.5. The summed E-state index contributed by atoms with van der Waals surface area (Å²) in [4.78, 5) is 0. The molecule has 1 nitrogen and oxygen atoms in total. The Hall–Kier alpha value is -0.560. The average Bonchev–Trinajstić information content (AvgIpc) is 2.17. The van der Waals surface area contributed by atoms with Gasteiger partial charge in [0.2, 0.25) is 0 Å². The first-order valence-corrected chi connectivity index (χ1v) is 5.15. The van der Waals surface area contributed by atoms with E-state index in [2.05, 4.69) is 26.2 Å². The maximum absolute atomic E-state index is 5.64. The lowest BCUT2D eigenvalue weighted by Gasteiger charge is -2.40. The van der Waals surface area contributed by atoms with Crippen molar-refractivity contribution < 1.29 is 0 Å². The van der Waals surface area contributed by atoms with Gasteiger partial charge in [0, 0.05) is 6.54 Å². The van der Waals surface area contributed by atoms with Gasteiger partial charge < -0.3 is 5.73 Å². The Kier molecular flexibility index (Phi) is 3.32. The van der Waals surface area contributed by atoms with Crippen molar-refractivity contribution in [2.45, 2.75) is 32.6 Å². The van der Waals surface area contributed by atoms with Gasteiger partial charge in [0.15, 0.2) is 0 Å². The molecule has 0 aromatic carbocycles. The van der Waals surface area contributed by atoms with Crippen molar-refractivity contribution in [3.05, 3.63) is 24.8 Å². The van der Waals surface area contributed by atoms with E-state index in [0.717, 1.165) is 0 Å². The zero-order valence-corrected chi connectivity index (χ0v) is 8.68. The normalized spacial score (nSPS) is 34.2. The van der Waals surface area contributed by atoms with E-state index < -0.39 is 0 Å². The summed E-state index contributed by atoms with van der Waals surface area (Å²) in [6.07, 6.45) is 7.19. The fraction of sp³-hybridized carbons (Fsp3) is 0.667. The Morgan fingerprint density at radius 1 is 1.62 bits per heavy atom. The summed E-state index contributed by atoms with van der Waals surface area (Å²) < 4.78 is 0. The van der Waals surface area contributed by atoms with Gasteiger partial charge in [0.25, 0.3) is 0 Å². The summed E-state index contributed by atoms with van der Waals surface area (Å²) in [6.45, 7) is 10.9. The van der Waals surface area contributed by atoms with E-state index in [4.69, 9.17) is 5.73 Å². The molecule has 0 radical (unpaired) electrons. The van der Waals surface area contributed by atoms with Crippen molar-refractivity contribution >= 4 is 0 Å². The summed E-state index contributed by atoms with van der Waals surface area (Å²) in [5.74, 6) is 0.559. The Morgan fingerprint density at radius 3 is 2.85 bits per heavy atom. The molecule has 1 fully saturated rings. The molecule has 0 amide bonds. The lowest BCUT2D eigenvalue weighted by atomic mass is 9.65. The predicted octanol–water partition coefficient (Wildman–Crippen LogP) is 2.88. The number of nitrogens with two attached hydrogens (primary N) is 1. The van der Waals surface area contributed by atoms with Gasteiger partial charge >= 0.3 is 0 Å². The van der Waals surface area contributed by atoms with Crippen molar-refractivity contribution in [2.24, 2.45) is 17.1 Å². The molecule has 0 aromatic heterocycles. The second-order valence-electron chi connectivity index (χ2n) is 4.37. The van der Waals surface area contributed by atoms with Gasteiger partial charge in [-0.15, -0.1) is 6.58 Å². The molecule has 1 rings (SSSR count). The summed E-state index contributed by atoms with van der Waals surface area (Å²) in [6, 6.07) is 0. The molecular formula is C12H21N. The van der Waals surface area contributed by atoms with Crippen molar-refractivity contribution in [1.29, 1.82) is 0 Å². The van der Waals surface area contributed by atoms with Crippen LogP contribution in [0, 0.1) is 11.3 Å². The van der Waals surface area contributed by atoms with Gasteiger partial charge in [-0.3, -0.25) is 0 Å². The Balaban J connectivity index is 2.78. The lowest BCUT2D eigenvalue weighted by Crippen LogP contribution is -2.32. The third-order valence-electron chi connectivity index (χ3n) is 3.48. The van der Waals surface area contributed by atoms with Crippen LogP contribution in [0.4, 0.5) is 0 Å². The highest BCUT2D eigenvalue weighted by Crippen LogP contribution is 2.44. The fourth-order valence-corrected chi connectivity index (χ4v) is 2.42. The Morgan fingerprint density at radius 2 is 2.31 bits per heavy atom. The molecule has 13 heavy (non-hydrogen) atoms. The maximum atomic E-state index is 5.64. The van der Waals surface area contributed by atoms with Gasteiger partial charge in [-0.2, -0.15) is 0 Å². The lowest BCUT2D eigenvalue weighted by molar-refractivity contribution is 0.203. The molecule has 0 heterocycles. The van der Waals surface area contributed by atoms with E-state index in [1.165, 1.54) is 31.3 Å². The maximum Gasteiger partial charge on any atom is 0.0137 e. The molecule has 74 valence electrons. The van der Waals surface area contributed by atoms with E-state index >= 15 is 0 Å². The van der Waals surface area contributed by atoms with Crippen LogP contribution >= 0.6 is 0 Å². The SMILES string of the molecule is C=C[C@]1(C)CCCC[C@H]1C(=C)CN. The molecule has 0 saturated heterocycles. The first-order chi connectivity index (χ1) is 6.14. The molecule has 1 saturated carbocycles. The first-order valence-electron chi connectivity index (χ1n) is 5.15. The number of hydrogen-bond acceptors (Lipinski definition) is 1. The third kappa shape index (κ3) is 2.02. The van der Waals surface area contributed by atoms with Crippen LogP contribution in [0.25, 0.3) is 0 Å². The van der Waals surface area contributed by atoms with Crippen LogP contribution < -0.4 is 5.73 Å². The molecule has 0 aliphatic heterocycles. The van der Waals surface area contributed by atoms with Gasteiger partial charge in [-0.25, -0.2) is 0 Å². The van der Waals surface area contributed by atoms with Gasteiger partial charge in [-0.1, -0.05) is 38.0 Å². The topological polar surface area (TPSA) is 26.0 Å².